The molecule has 0 atom stereocenters. The second-order valence-electron chi connectivity index (χ2n) is 9.93. The molecule has 0 amide bonds. The Hall–Kier alpha value is -3.34. The molecule has 6 rings (SSSR count). The Kier molecular flexibility index (Phi) is 5.74. The summed E-state index contributed by atoms with van der Waals surface area (Å²) in [5.41, 5.74) is 2.41. The molecule has 2 fully saturated rings. The summed E-state index contributed by atoms with van der Waals surface area (Å²) in [6.07, 6.45) is 5.30. The molecule has 2 aliphatic rings. The zero-order chi connectivity index (χ0) is 24.9. The number of anilines is 2. The highest BCUT2D eigenvalue weighted by Gasteiger charge is 2.33. The summed E-state index contributed by atoms with van der Waals surface area (Å²) in [6.45, 7) is 4.76. The molecule has 1 saturated heterocycles. The second-order valence-corrected chi connectivity index (χ2v) is 9.93. The fraction of sp³-hybridized carbons (Fsp3) is 0.480. The normalized spacial score (nSPS) is 17.2. The molecule has 1 saturated carbocycles. The molecule has 0 bridgehead atoms. The number of imidazole rings is 1. The fourth-order valence-electron chi connectivity index (χ4n) is 4.98. The molecule has 8 nitrogen and oxygen atoms in total. The molecule has 36 heavy (non-hydrogen) atoms. The zero-order valence-electron chi connectivity index (χ0n) is 20.1. The Labute approximate surface area is 206 Å². The molecule has 0 spiro atoms. The van der Waals surface area contributed by atoms with Crippen LogP contribution in [0.15, 0.2) is 30.7 Å². The average molecular weight is 499 g/mol. The van der Waals surface area contributed by atoms with E-state index in [4.69, 9.17) is 4.98 Å². The summed E-state index contributed by atoms with van der Waals surface area (Å²) in [7, 11) is 0. The number of aryl methyl sites for hydroxylation is 1. The largest absolute Gasteiger partial charge is 0.416 e. The van der Waals surface area contributed by atoms with Crippen molar-refractivity contribution in [3.05, 3.63) is 53.1 Å². The predicted octanol–water partition coefficient (Wildman–Crippen LogP) is 4.61. The van der Waals surface area contributed by atoms with Crippen LogP contribution in [0.1, 0.15) is 54.0 Å². The first kappa shape index (κ1) is 23.1. The number of aromatic nitrogens is 5. The van der Waals surface area contributed by atoms with Gasteiger partial charge in [0.1, 0.15) is 17.3 Å². The quantitative estimate of drug-likeness (QED) is 0.345. The number of pyridine rings is 1. The van der Waals surface area contributed by atoms with Crippen LogP contribution in [0.5, 0.6) is 0 Å². The zero-order valence-corrected chi connectivity index (χ0v) is 20.1. The lowest BCUT2D eigenvalue weighted by Gasteiger charge is -2.23. The van der Waals surface area contributed by atoms with Crippen molar-refractivity contribution < 1.29 is 13.2 Å². The lowest BCUT2D eigenvalue weighted by molar-refractivity contribution is -0.138. The van der Waals surface area contributed by atoms with Gasteiger partial charge in [0.15, 0.2) is 5.65 Å². The van der Waals surface area contributed by atoms with Gasteiger partial charge in [0.25, 0.3) is 0 Å². The molecule has 5 heterocycles. The lowest BCUT2D eigenvalue weighted by Crippen LogP contribution is -2.31. The minimum atomic E-state index is -4.41. The number of alkyl halides is 3. The van der Waals surface area contributed by atoms with Crippen LogP contribution in [0.25, 0.3) is 11.3 Å². The van der Waals surface area contributed by atoms with Crippen molar-refractivity contribution in [2.75, 3.05) is 30.3 Å². The smallest absolute Gasteiger partial charge is 0.370 e. The summed E-state index contributed by atoms with van der Waals surface area (Å²) < 4.78 is 43.4. The van der Waals surface area contributed by atoms with Crippen LogP contribution in [0.3, 0.4) is 0 Å². The summed E-state index contributed by atoms with van der Waals surface area (Å²) in [5.74, 6) is 2.68. The molecule has 0 unspecified atom stereocenters. The van der Waals surface area contributed by atoms with Gasteiger partial charge >= 0.3 is 6.18 Å². The number of fused-ring (bicyclic) bond motifs is 2. The van der Waals surface area contributed by atoms with Crippen LogP contribution in [-0.4, -0.2) is 43.6 Å². The summed E-state index contributed by atoms with van der Waals surface area (Å²) in [6, 6.07) is 3.04. The van der Waals surface area contributed by atoms with Gasteiger partial charge in [0, 0.05) is 30.6 Å². The SMILES string of the molecule is Cc1cn2cc(CNc3cc(NCC4CCNCC4)nc4c(C5CC5)cnn34)nc2cc1C(F)(F)F. The Morgan fingerprint density at radius 3 is 2.61 bits per heavy atom. The van der Waals surface area contributed by atoms with Gasteiger partial charge in [0.2, 0.25) is 0 Å². The Morgan fingerprint density at radius 1 is 1.06 bits per heavy atom. The van der Waals surface area contributed by atoms with Gasteiger partial charge in [-0.15, -0.1) is 0 Å². The Morgan fingerprint density at radius 2 is 1.86 bits per heavy atom. The van der Waals surface area contributed by atoms with Gasteiger partial charge in [-0.1, -0.05) is 0 Å². The van der Waals surface area contributed by atoms with Gasteiger partial charge < -0.3 is 20.4 Å². The summed E-state index contributed by atoms with van der Waals surface area (Å²) >= 11 is 0. The van der Waals surface area contributed by atoms with Crippen LogP contribution < -0.4 is 16.0 Å². The van der Waals surface area contributed by atoms with Crippen molar-refractivity contribution in [2.24, 2.45) is 5.92 Å². The number of nitrogens with one attached hydrogen (secondary N) is 3. The molecule has 11 heteroatoms. The maximum atomic E-state index is 13.3. The van der Waals surface area contributed by atoms with Crippen molar-refractivity contribution in [3.63, 3.8) is 0 Å². The highest BCUT2D eigenvalue weighted by Crippen LogP contribution is 2.42. The van der Waals surface area contributed by atoms with Crippen LogP contribution in [0.2, 0.25) is 0 Å². The van der Waals surface area contributed by atoms with E-state index >= 15 is 0 Å². The lowest BCUT2D eigenvalue weighted by atomic mass is 9.98. The van der Waals surface area contributed by atoms with E-state index in [9.17, 15) is 13.2 Å². The maximum Gasteiger partial charge on any atom is 0.416 e. The fourth-order valence-corrected chi connectivity index (χ4v) is 4.98. The van der Waals surface area contributed by atoms with Crippen molar-refractivity contribution in [3.8, 4) is 0 Å². The first-order valence-corrected chi connectivity index (χ1v) is 12.5. The van der Waals surface area contributed by atoms with Crippen LogP contribution >= 0.6 is 0 Å². The van der Waals surface area contributed by atoms with E-state index in [2.05, 4.69) is 26.0 Å². The van der Waals surface area contributed by atoms with Crippen LogP contribution in [0.4, 0.5) is 24.8 Å². The van der Waals surface area contributed by atoms with Crippen LogP contribution in [-0.2, 0) is 12.7 Å². The Bertz CT molecular complexity index is 1400. The third-order valence-corrected chi connectivity index (χ3v) is 7.14. The number of halogens is 3. The maximum absolute atomic E-state index is 13.3. The third kappa shape index (κ3) is 4.59. The predicted molar refractivity (Wildman–Crippen MR) is 131 cm³/mol. The molecular weight excluding hydrogens is 469 g/mol. The topological polar surface area (TPSA) is 83.6 Å². The second kappa shape index (κ2) is 8.95. The van der Waals surface area contributed by atoms with E-state index in [1.807, 2.05) is 16.8 Å². The average Bonchev–Trinajstić information content (AvgIpc) is 3.48. The number of hydrogen-bond donors (Lipinski definition) is 3. The highest BCUT2D eigenvalue weighted by atomic mass is 19.4. The first-order chi connectivity index (χ1) is 17.3. The first-order valence-electron chi connectivity index (χ1n) is 12.5. The molecule has 4 aromatic rings. The van der Waals surface area contributed by atoms with Gasteiger partial charge in [0.05, 0.1) is 24.0 Å². The number of hydrogen-bond acceptors (Lipinski definition) is 6. The molecule has 1 aliphatic carbocycles. The minimum absolute atomic E-state index is 0.163. The molecule has 0 radical (unpaired) electrons. The van der Waals surface area contributed by atoms with Crippen molar-refractivity contribution >= 4 is 22.9 Å². The number of rotatable bonds is 7. The van der Waals surface area contributed by atoms with E-state index in [1.165, 1.54) is 13.1 Å². The van der Waals surface area contributed by atoms with Gasteiger partial charge in [-0.05, 0) is 69.2 Å². The van der Waals surface area contributed by atoms with E-state index in [-0.39, 0.29) is 11.2 Å². The molecule has 0 aromatic carbocycles. The Balaban J connectivity index is 1.26. The van der Waals surface area contributed by atoms with E-state index in [1.54, 1.807) is 10.6 Å². The van der Waals surface area contributed by atoms with E-state index < -0.39 is 11.7 Å². The highest BCUT2D eigenvalue weighted by molar-refractivity contribution is 5.61. The van der Waals surface area contributed by atoms with Gasteiger partial charge in [-0.2, -0.15) is 22.8 Å². The third-order valence-electron chi connectivity index (χ3n) is 7.14. The van der Waals surface area contributed by atoms with E-state index in [0.29, 0.717) is 24.1 Å². The van der Waals surface area contributed by atoms with Crippen molar-refractivity contribution in [1.82, 2.24) is 29.3 Å². The van der Waals surface area contributed by atoms with Crippen molar-refractivity contribution in [1.29, 1.82) is 0 Å². The number of piperidine rings is 1. The van der Waals surface area contributed by atoms with Gasteiger partial charge in [-0.25, -0.2) is 9.97 Å². The van der Waals surface area contributed by atoms with Gasteiger partial charge in [-0.3, -0.25) is 0 Å². The molecular formula is C25H29F3N8. The monoisotopic (exact) mass is 498 g/mol. The molecule has 3 N–H and O–H groups in total. The minimum Gasteiger partial charge on any atom is -0.370 e. The van der Waals surface area contributed by atoms with Crippen LogP contribution in [0, 0.1) is 12.8 Å². The summed E-state index contributed by atoms with van der Waals surface area (Å²) in [4.78, 5) is 9.30. The molecule has 4 aromatic heterocycles. The van der Waals surface area contributed by atoms with E-state index in [0.717, 1.165) is 74.2 Å². The van der Waals surface area contributed by atoms with Crippen molar-refractivity contribution in [2.45, 2.75) is 51.2 Å². The standard InChI is InChI=1S/C25H29F3N8/c1-15-13-35-14-18(33-23(35)8-20(15)25(26,27)28)11-31-22-9-21(30-10-16-4-6-29-7-5-16)34-24-19(17-2-3-17)12-32-36(22)24/h8-9,12-14,16-17,29,31H,2-7,10-11H2,1H3,(H,30,34). The molecule has 190 valence electrons. The number of nitrogens with zero attached hydrogens (tertiary/aromatic N) is 5. The summed E-state index contributed by atoms with van der Waals surface area (Å²) in [5, 5.41) is 14.9. The molecule has 1 aliphatic heterocycles.